The Morgan fingerprint density at radius 1 is 1.26 bits per heavy atom. The van der Waals surface area contributed by atoms with E-state index < -0.39 is 17.2 Å². The molecular formula is C12H12ClF2N3O. The van der Waals surface area contributed by atoms with Crippen LogP contribution in [0.5, 0.6) is 0 Å². The normalized spacial score (nSPS) is 16.6. The molecule has 0 saturated heterocycles. The van der Waals surface area contributed by atoms with Gasteiger partial charge in [-0.25, -0.2) is 8.78 Å². The first-order chi connectivity index (χ1) is 8.58. The van der Waals surface area contributed by atoms with E-state index in [0.717, 1.165) is 31.4 Å². The zero-order chi connectivity index (χ0) is 12.8. The van der Waals surface area contributed by atoms with Gasteiger partial charge in [0.2, 0.25) is 0 Å². The lowest BCUT2D eigenvalue weighted by atomic mass is 9.77. The van der Waals surface area contributed by atoms with Gasteiger partial charge in [-0.15, -0.1) is 12.4 Å². The average molecular weight is 288 g/mol. The molecule has 1 aliphatic rings. The third-order valence-corrected chi connectivity index (χ3v) is 3.28. The van der Waals surface area contributed by atoms with Gasteiger partial charge in [0.25, 0.3) is 5.89 Å². The van der Waals surface area contributed by atoms with Crippen LogP contribution in [-0.4, -0.2) is 10.1 Å². The highest BCUT2D eigenvalue weighted by molar-refractivity contribution is 5.85. The number of aromatic nitrogens is 2. The molecule has 4 nitrogen and oxygen atoms in total. The van der Waals surface area contributed by atoms with Crippen molar-refractivity contribution in [2.45, 2.75) is 24.8 Å². The second-order valence-electron chi connectivity index (χ2n) is 4.56. The summed E-state index contributed by atoms with van der Waals surface area (Å²) in [6.07, 6.45) is 2.60. The lowest BCUT2D eigenvalue weighted by Gasteiger charge is -2.34. The molecule has 1 aromatic heterocycles. The van der Waals surface area contributed by atoms with Crippen LogP contribution in [-0.2, 0) is 5.54 Å². The third kappa shape index (κ3) is 2.33. The molecule has 3 rings (SSSR count). The monoisotopic (exact) mass is 287 g/mol. The van der Waals surface area contributed by atoms with Crippen molar-refractivity contribution in [3.63, 3.8) is 0 Å². The first-order valence-corrected chi connectivity index (χ1v) is 5.67. The molecule has 0 aliphatic heterocycles. The molecule has 1 saturated carbocycles. The van der Waals surface area contributed by atoms with E-state index >= 15 is 0 Å². The summed E-state index contributed by atoms with van der Waals surface area (Å²) in [5, 5.41) is 3.78. The van der Waals surface area contributed by atoms with E-state index in [-0.39, 0.29) is 23.9 Å². The second kappa shape index (κ2) is 4.86. The fraction of sp³-hybridized carbons (Fsp3) is 0.333. The summed E-state index contributed by atoms with van der Waals surface area (Å²) in [6.45, 7) is 0. The number of nitrogens with two attached hydrogens (primary N) is 1. The summed E-state index contributed by atoms with van der Waals surface area (Å²) in [4.78, 5) is 4.10. The fourth-order valence-corrected chi connectivity index (χ4v) is 1.98. The van der Waals surface area contributed by atoms with Gasteiger partial charge in [0.15, 0.2) is 5.82 Å². The van der Waals surface area contributed by atoms with Crippen LogP contribution in [0, 0.1) is 11.6 Å². The van der Waals surface area contributed by atoms with Crippen molar-refractivity contribution in [1.82, 2.24) is 10.1 Å². The van der Waals surface area contributed by atoms with E-state index in [0.29, 0.717) is 5.82 Å². The molecule has 0 radical (unpaired) electrons. The molecule has 1 heterocycles. The van der Waals surface area contributed by atoms with E-state index in [9.17, 15) is 8.78 Å². The SMILES string of the molecule is Cl.NC1(c2noc(-c3ccc(F)cc3F)n2)CCC1. The fourth-order valence-electron chi connectivity index (χ4n) is 1.98. The minimum atomic E-state index is -0.732. The summed E-state index contributed by atoms with van der Waals surface area (Å²) in [7, 11) is 0. The highest BCUT2D eigenvalue weighted by Crippen LogP contribution is 2.37. The Morgan fingerprint density at radius 3 is 2.58 bits per heavy atom. The maximum Gasteiger partial charge on any atom is 0.260 e. The Morgan fingerprint density at radius 2 is 2.00 bits per heavy atom. The van der Waals surface area contributed by atoms with Gasteiger partial charge in [0.1, 0.15) is 11.6 Å². The van der Waals surface area contributed by atoms with E-state index in [1.54, 1.807) is 0 Å². The van der Waals surface area contributed by atoms with E-state index in [1.807, 2.05) is 0 Å². The Hall–Kier alpha value is -1.53. The standard InChI is InChI=1S/C12H11F2N3O.ClH/c13-7-2-3-8(9(14)6-7)10-16-11(17-18-10)12(15)4-1-5-12;/h2-3,6H,1,4-5,15H2;1H. The number of hydrogen-bond donors (Lipinski definition) is 1. The van der Waals surface area contributed by atoms with Crippen molar-refractivity contribution >= 4 is 12.4 Å². The lowest BCUT2D eigenvalue weighted by Crippen LogP contribution is -2.44. The molecule has 1 aromatic carbocycles. The van der Waals surface area contributed by atoms with Crippen LogP contribution < -0.4 is 5.73 Å². The van der Waals surface area contributed by atoms with Crippen molar-refractivity contribution in [2.24, 2.45) is 5.73 Å². The topological polar surface area (TPSA) is 64.9 Å². The van der Waals surface area contributed by atoms with Gasteiger partial charge in [-0.1, -0.05) is 5.16 Å². The molecule has 7 heteroatoms. The maximum atomic E-state index is 13.5. The van der Waals surface area contributed by atoms with Gasteiger partial charge in [-0.3, -0.25) is 0 Å². The molecule has 102 valence electrons. The second-order valence-corrected chi connectivity index (χ2v) is 4.56. The highest BCUT2D eigenvalue weighted by Gasteiger charge is 2.39. The minimum Gasteiger partial charge on any atom is -0.334 e. The quantitative estimate of drug-likeness (QED) is 0.922. The molecule has 0 spiro atoms. The molecule has 0 atom stereocenters. The Kier molecular flexibility index (Phi) is 3.56. The molecule has 2 N–H and O–H groups in total. The molecule has 1 aliphatic carbocycles. The molecule has 0 bridgehead atoms. The Balaban J connectivity index is 0.00000133. The molecule has 2 aromatic rings. The molecule has 0 unspecified atom stereocenters. The van der Waals surface area contributed by atoms with Crippen LogP contribution in [0.15, 0.2) is 22.7 Å². The van der Waals surface area contributed by atoms with Crippen LogP contribution in [0.3, 0.4) is 0 Å². The number of rotatable bonds is 2. The summed E-state index contributed by atoms with van der Waals surface area (Å²) >= 11 is 0. The van der Waals surface area contributed by atoms with Gasteiger partial charge in [0.05, 0.1) is 11.1 Å². The average Bonchev–Trinajstić information content (AvgIpc) is 2.75. The van der Waals surface area contributed by atoms with Crippen LogP contribution in [0.25, 0.3) is 11.5 Å². The Labute approximate surface area is 114 Å². The summed E-state index contributed by atoms with van der Waals surface area (Å²) in [5.41, 5.74) is 5.56. The van der Waals surface area contributed by atoms with Crippen molar-refractivity contribution in [3.05, 3.63) is 35.7 Å². The predicted molar refractivity (Wildman–Crippen MR) is 66.6 cm³/mol. The predicted octanol–water partition coefficient (Wildman–Crippen LogP) is 2.77. The molecule has 1 fully saturated rings. The smallest absolute Gasteiger partial charge is 0.260 e. The first-order valence-electron chi connectivity index (χ1n) is 5.67. The van der Waals surface area contributed by atoms with Gasteiger partial charge in [-0.2, -0.15) is 4.98 Å². The number of nitrogens with zero attached hydrogens (tertiary/aromatic N) is 2. The first kappa shape index (κ1) is 13.9. The van der Waals surface area contributed by atoms with Crippen molar-refractivity contribution in [3.8, 4) is 11.5 Å². The van der Waals surface area contributed by atoms with Crippen molar-refractivity contribution in [1.29, 1.82) is 0 Å². The van der Waals surface area contributed by atoms with E-state index in [1.165, 1.54) is 6.07 Å². The largest absolute Gasteiger partial charge is 0.334 e. The Bertz CT molecular complexity index is 598. The molecule has 19 heavy (non-hydrogen) atoms. The zero-order valence-electron chi connectivity index (χ0n) is 9.90. The van der Waals surface area contributed by atoms with Crippen LogP contribution >= 0.6 is 12.4 Å². The van der Waals surface area contributed by atoms with Gasteiger partial charge in [-0.05, 0) is 31.4 Å². The molecular weight excluding hydrogens is 276 g/mol. The van der Waals surface area contributed by atoms with Crippen molar-refractivity contribution in [2.75, 3.05) is 0 Å². The lowest BCUT2D eigenvalue weighted by molar-refractivity contribution is 0.229. The van der Waals surface area contributed by atoms with Crippen molar-refractivity contribution < 1.29 is 13.3 Å². The third-order valence-electron chi connectivity index (χ3n) is 3.28. The van der Waals surface area contributed by atoms with E-state index in [2.05, 4.69) is 10.1 Å². The van der Waals surface area contributed by atoms with Gasteiger partial charge >= 0.3 is 0 Å². The molecule has 0 amide bonds. The maximum absolute atomic E-state index is 13.5. The number of benzene rings is 1. The summed E-state index contributed by atoms with van der Waals surface area (Å²) in [6, 6.07) is 3.19. The van der Waals surface area contributed by atoms with Crippen LogP contribution in [0.1, 0.15) is 25.1 Å². The van der Waals surface area contributed by atoms with Crippen LogP contribution in [0.2, 0.25) is 0 Å². The highest BCUT2D eigenvalue weighted by atomic mass is 35.5. The minimum absolute atomic E-state index is 0. The zero-order valence-corrected chi connectivity index (χ0v) is 10.7. The summed E-state index contributed by atoms with van der Waals surface area (Å²) in [5.74, 6) is -0.971. The summed E-state index contributed by atoms with van der Waals surface area (Å²) < 4.78 is 31.3. The van der Waals surface area contributed by atoms with E-state index in [4.69, 9.17) is 10.3 Å². The van der Waals surface area contributed by atoms with Gasteiger partial charge < -0.3 is 10.3 Å². The van der Waals surface area contributed by atoms with Gasteiger partial charge in [0, 0.05) is 6.07 Å². The number of hydrogen-bond acceptors (Lipinski definition) is 4. The number of halogens is 3. The van der Waals surface area contributed by atoms with Crippen LogP contribution in [0.4, 0.5) is 8.78 Å².